The minimum atomic E-state index is -0.936. The summed E-state index contributed by atoms with van der Waals surface area (Å²) in [7, 11) is 2.71. The fraction of sp³-hybridized carbons (Fsp3) is 0.545. The molecule has 0 spiro atoms. The van der Waals surface area contributed by atoms with Gasteiger partial charge in [0.2, 0.25) is 17.7 Å². The molecule has 9 nitrogen and oxygen atoms in total. The highest BCUT2D eigenvalue weighted by Crippen LogP contribution is 2.32. The van der Waals surface area contributed by atoms with Gasteiger partial charge in [-0.2, -0.15) is 0 Å². The topological polar surface area (TPSA) is 114 Å². The highest BCUT2D eigenvalue weighted by molar-refractivity contribution is 5.92. The molecule has 0 aromatic heterocycles. The Kier molecular flexibility index (Phi) is 7.32. The summed E-state index contributed by atoms with van der Waals surface area (Å²) in [5.74, 6) is -1.36. The minimum Gasteiger partial charge on any atom is -0.497 e. The minimum absolute atomic E-state index is 0.0385. The second-order valence-corrected chi connectivity index (χ2v) is 8.14. The zero-order valence-corrected chi connectivity index (χ0v) is 18.2. The zero-order valence-electron chi connectivity index (χ0n) is 18.2. The third-order valence-corrected chi connectivity index (χ3v) is 6.07. The van der Waals surface area contributed by atoms with Gasteiger partial charge in [0.1, 0.15) is 17.6 Å². The van der Waals surface area contributed by atoms with Crippen molar-refractivity contribution in [3.63, 3.8) is 0 Å². The molecule has 2 aliphatic rings. The summed E-state index contributed by atoms with van der Waals surface area (Å²) in [4.78, 5) is 50.4. The Balaban J connectivity index is 1.73. The Labute approximate surface area is 185 Å². The first-order valence-electron chi connectivity index (χ1n) is 10.5. The molecule has 0 bridgehead atoms. The number of ether oxygens (including phenoxy) is 2. The van der Waals surface area contributed by atoms with Crippen LogP contribution in [-0.4, -0.2) is 67.5 Å². The van der Waals surface area contributed by atoms with E-state index in [9.17, 15) is 23.6 Å². The number of halogens is 1. The second-order valence-electron chi connectivity index (χ2n) is 8.14. The van der Waals surface area contributed by atoms with E-state index in [0.717, 1.165) is 0 Å². The van der Waals surface area contributed by atoms with Crippen molar-refractivity contribution >= 4 is 23.7 Å². The number of hydrogen-bond acceptors (Lipinski definition) is 6. The number of carbonyl (C=O) groups excluding carboxylic acids is 4. The maximum atomic E-state index is 14.4. The van der Waals surface area contributed by atoms with Crippen LogP contribution >= 0.6 is 0 Å². The Morgan fingerprint density at radius 3 is 2.72 bits per heavy atom. The number of esters is 1. The molecule has 10 heteroatoms. The molecule has 2 fully saturated rings. The van der Waals surface area contributed by atoms with E-state index < -0.39 is 29.3 Å². The van der Waals surface area contributed by atoms with Crippen LogP contribution in [-0.2, 0) is 30.3 Å². The second kappa shape index (κ2) is 9.97. The van der Waals surface area contributed by atoms with E-state index in [1.54, 1.807) is 6.07 Å². The summed E-state index contributed by atoms with van der Waals surface area (Å²) in [5, 5.41) is 5.59. The average molecular weight is 449 g/mol. The maximum Gasteiger partial charge on any atom is 0.308 e. The van der Waals surface area contributed by atoms with Crippen LogP contribution in [0.5, 0.6) is 5.75 Å². The van der Waals surface area contributed by atoms with Crippen molar-refractivity contribution in [2.45, 2.75) is 50.1 Å². The summed E-state index contributed by atoms with van der Waals surface area (Å²) in [6.45, 7) is 0.565. The number of piperazine rings is 1. The monoisotopic (exact) mass is 449 g/mol. The molecule has 2 N–H and O–H groups in total. The molecule has 3 amide bonds. The van der Waals surface area contributed by atoms with Crippen LogP contribution in [0.4, 0.5) is 4.39 Å². The van der Waals surface area contributed by atoms with Crippen LogP contribution in [0.1, 0.15) is 37.7 Å². The third kappa shape index (κ3) is 5.35. The first kappa shape index (κ1) is 23.5. The Hall–Kier alpha value is -3.17. The third-order valence-electron chi connectivity index (χ3n) is 6.07. The van der Waals surface area contributed by atoms with Crippen molar-refractivity contribution in [2.24, 2.45) is 0 Å². The fourth-order valence-corrected chi connectivity index (χ4v) is 4.31. The molecule has 1 aromatic carbocycles. The van der Waals surface area contributed by atoms with E-state index >= 15 is 0 Å². The highest BCUT2D eigenvalue weighted by Gasteiger charge is 2.40. The van der Waals surface area contributed by atoms with E-state index in [4.69, 9.17) is 4.74 Å². The molecule has 3 rings (SSSR count). The van der Waals surface area contributed by atoms with Crippen molar-refractivity contribution in [1.82, 2.24) is 15.5 Å². The first-order valence-corrected chi connectivity index (χ1v) is 10.5. The van der Waals surface area contributed by atoms with Crippen molar-refractivity contribution in [2.75, 3.05) is 27.3 Å². The average Bonchev–Trinajstić information content (AvgIpc) is 3.15. The van der Waals surface area contributed by atoms with E-state index in [0.29, 0.717) is 24.3 Å². The predicted molar refractivity (Wildman–Crippen MR) is 111 cm³/mol. The largest absolute Gasteiger partial charge is 0.497 e. The molecule has 2 atom stereocenters. The van der Waals surface area contributed by atoms with Crippen molar-refractivity contribution < 1.29 is 33.0 Å². The van der Waals surface area contributed by atoms with E-state index in [1.807, 2.05) is 0 Å². The SMILES string of the molecule is COC(=O)C[C@@H]1C(=O)NCCN1C(=O)CC[C@]1(Cc2cc(OC)ccc2F)CCC(=O)N1. The molecule has 174 valence electrons. The molecule has 2 saturated heterocycles. The molecule has 0 radical (unpaired) electrons. The molecule has 0 aliphatic carbocycles. The molecule has 0 saturated carbocycles. The summed E-state index contributed by atoms with van der Waals surface area (Å²) in [6.07, 6.45) is 1.04. The van der Waals surface area contributed by atoms with Crippen LogP contribution in [0.25, 0.3) is 0 Å². The summed E-state index contributed by atoms with van der Waals surface area (Å²) >= 11 is 0. The number of methoxy groups -OCH3 is 2. The van der Waals surface area contributed by atoms with Crippen molar-refractivity contribution in [1.29, 1.82) is 0 Å². The smallest absolute Gasteiger partial charge is 0.308 e. The van der Waals surface area contributed by atoms with Crippen LogP contribution in [0.3, 0.4) is 0 Å². The lowest BCUT2D eigenvalue weighted by Crippen LogP contribution is -2.58. The molecular weight excluding hydrogens is 421 g/mol. The molecular formula is C22H28FN3O6. The standard InChI is InChI=1S/C22H28FN3O6/c1-31-15-3-4-16(23)14(11-15)13-22(7-5-18(27)25-22)8-6-19(28)26-10-9-24-21(30)17(26)12-20(29)32-2/h3-4,11,17H,5-10,12-13H2,1-2H3,(H,24,30)(H,25,27)/t17-,22+/m1/s1. The van der Waals surface area contributed by atoms with Crippen LogP contribution in [0.15, 0.2) is 18.2 Å². The van der Waals surface area contributed by atoms with Gasteiger partial charge in [0, 0.05) is 31.5 Å². The van der Waals surface area contributed by atoms with Gasteiger partial charge in [-0.15, -0.1) is 0 Å². The highest BCUT2D eigenvalue weighted by atomic mass is 19.1. The fourth-order valence-electron chi connectivity index (χ4n) is 4.31. The van der Waals surface area contributed by atoms with Crippen LogP contribution in [0.2, 0.25) is 0 Å². The Morgan fingerprint density at radius 1 is 1.28 bits per heavy atom. The lowest BCUT2D eigenvalue weighted by Gasteiger charge is -2.36. The summed E-state index contributed by atoms with van der Waals surface area (Å²) in [6, 6.07) is 3.48. The number of nitrogens with one attached hydrogen (secondary N) is 2. The van der Waals surface area contributed by atoms with Crippen LogP contribution < -0.4 is 15.4 Å². The van der Waals surface area contributed by atoms with Crippen LogP contribution in [0, 0.1) is 5.82 Å². The van der Waals surface area contributed by atoms with Crippen molar-refractivity contribution in [3.05, 3.63) is 29.6 Å². The maximum absolute atomic E-state index is 14.4. The van der Waals surface area contributed by atoms with Gasteiger partial charge < -0.3 is 25.0 Å². The summed E-state index contributed by atoms with van der Waals surface area (Å²) < 4.78 is 24.3. The van der Waals surface area contributed by atoms with Crippen molar-refractivity contribution in [3.8, 4) is 5.75 Å². The van der Waals surface area contributed by atoms with E-state index in [1.165, 1.54) is 31.3 Å². The van der Waals surface area contributed by atoms with E-state index in [2.05, 4.69) is 15.4 Å². The lowest BCUT2D eigenvalue weighted by atomic mass is 9.84. The van der Waals surface area contributed by atoms with Gasteiger partial charge in [-0.05, 0) is 43.0 Å². The lowest BCUT2D eigenvalue weighted by molar-refractivity contribution is -0.150. The normalized spacial score (nSPS) is 22.8. The van der Waals surface area contributed by atoms with Gasteiger partial charge in [0.05, 0.1) is 20.6 Å². The van der Waals surface area contributed by atoms with Gasteiger partial charge in [-0.3, -0.25) is 19.2 Å². The number of carbonyl (C=O) groups is 4. The number of amides is 3. The zero-order chi connectivity index (χ0) is 23.3. The summed E-state index contributed by atoms with van der Waals surface area (Å²) in [5.41, 5.74) is -0.393. The Bertz CT molecular complexity index is 908. The molecule has 32 heavy (non-hydrogen) atoms. The number of rotatable bonds is 8. The number of hydrogen-bond donors (Lipinski definition) is 2. The van der Waals surface area contributed by atoms with Gasteiger partial charge in [-0.1, -0.05) is 0 Å². The van der Waals surface area contributed by atoms with Gasteiger partial charge in [-0.25, -0.2) is 4.39 Å². The molecule has 0 unspecified atom stereocenters. The number of benzene rings is 1. The molecule has 1 aromatic rings. The van der Waals surface area contributed by atoms with Gasteiger partial charge in [0.25, 0.3) is 0 Å². The predicted octanol–water partition coefficient (Wildman–Crippen LogP) is 0.696. The Morgan fingerprint density at radius 2 is 2.06 bits per heavy atom. The van der Waals surface area contributed by atoms with Gasteiger partial charge >= 0.3 is 5.97 Å². The number of nitrogens with zero attached hydrogens (tertiary/aromatic N) is 1. The molecule has 2 heterocycles. The quantitative estimate of drug-likeness (QED) is 0.565. The molecule has 2 aliphatic heterocycles. The van der Waals surface area contributed by atoms with Gasteiger partial charge in [0.15, 0.2) is 0 Å². The van der Waals surface area contributed by atoms with E-state index in [-0.39, 0.29) is 50.5 Å². The first-order chi connectivity index (χ1) is 15.3.